The van der Waals surface area contributed by atoms with Crippen molar-refractivity contribution in [3.05, 3.63) is 23.5 Å². The molecule has 1 aliphatic carbocycles. The molecule has 0 aromatic heterocycles. The van der Waals surface area contributed by atoms with Gasteiger partial charge in [-0.25, -0.2) is 4.39 Å². The van der Waals surface area contributed by atoms with Crippen LogP contribution in [0.25, 0.3) is 0 Å². The molecule has 0 amide bonds. The van der Waals surface area contributed by atoms with Crippen LogP contribution in [0.5, 0.6) is 11.5 Å². The topological polar surface area (TPSA) is 44.5 Å². The van der Waals surface area contributed by atoms with Crippen LogP contribution >= 0.6 is 0 Å². The van der Waals surface area contributed by atoms with Crippen molar-refractivity contribution in [2.75, 3.05) is 13.7 Å². The lowest BCUT2D eigenvalue weighted by atomic mass is 9.99. The zero-order chi connectivity index (χ0) is 12.4. The maximum atomic E-state index is 13.5. The highest BCUT2D eigenvalue weighted by Crippen LogP contribution is 2.40. The summed E-state index contributed by atoms with van der Waals surface area (Å²) in [6.07, 6.45) is 2.35. The average molecular weight is 239 g/mol. The number of hydrogen-bond donors (Lipinski definition) is 1. The molecule has 1 atom stereocenters. The average Bonchev–Trinajstić information content (AvgIpc) is 3.13. The normalized spacial score (nSPS) is 16.7. The standard InChI is InChI=1S/C13H18FNO2/c1-8(7-15)11-5-9(14)6-12(16-2)13(11)17-10-3-4-10/h5-6,8,10H,3-4,7,15H2,1-2H3. The lowest BCUT2D eigenvalue weighted by Crippen LogP contribution is -2.12. The van der Waals surface area contributed by atoms with Gasteiger partial charge in [0.15, 0.2) is 11.5 Å². The highest BCUT2D eigenvalue weighted by molar-refractivity contribution is 5.49. The Morgan fingerprint density at radius 2 is 2.18 bits per heavy atom. The van der Waals surface area contributed by atoms with Gasteiger partial charge in [-0.05, 0) is 31.4 Å². The van der Waals surface area contributed by atoms with Crippen LogP contribution < -0.4 is 15.2 Å². The van der Waals surface area contributed by atoms with E-state index in [9.17, 15) is 4.39 Å². The molecule has 1 unspecified atom stereocenters. The minimum atomic E-state index is -0.319. The van der Waals surface area contributed by atoms with E-state index in [-0.39, 0.29) is 17.8 Å². The maximum Gasteiger partial charge on any atom is 0.165 e. The van der Waals surface area contributed by atoms with E-state index in [0.717, 1.165) is 18.4 Å². The first kappa shape index (κ1) is 12.2. The molecular formula is C13H18FNO2. The van der Waals surface area contributed by atoms with Crippen LogP contribution in [0.15, 0.2) is 12.1 Å². The third kappa shape index (κ3) is 2.69. The van der Waals surface area contributed by atoms with E-state index in [1.165, 1.54) is 19.2 Å². The predicted octanol–water partition coefficient (Wildman–Crippen LogP) is 2.44. The molecule has 2 N–H and O–H groups in total. The Labute approximate surface area is 101 Å². The van der Waals surface area contributed by atoms with Gasteiger partial charge in [0.05, 0.1) is 13.2 Å². The Hall–Kier alpha value is -1.29. The zero-order valence-electron chi connectivity index (χ0n) is 10.2. The molecule has 3 nitrogen and oxygen atoms in total. The van der Waals surface area contributed by atoms with Crippen LogP contribution in [0.3, 0.4) is 0 Å². The fourth-order valence-corrected chi connectivity index (χ4v) is 1.71. The minimum absolute atomic E-state index is 0.0494. The van der Waals surface area contributed by atoms with Gasteiger partial charge in [-0.2, -0.15) is 0 Å². The summed E-state index contributed by atoms with van der Waals surface area (Å²) in [5.41, 5.74) is 6.43. The number of methoxy groups -OCH3 is 1. The van der Waals surface area contributed by atoms with Crippen molar-refractivity contribution in [1.29, 1.82) is 0 Å². The van der Waals surface area contributed by atoms with Crippen molar-refractivity contribution in [2.24, 2.45) is 5.73 Å². The second-order valence-electron chi connectivity index (χ2n) is 4.48. The molecule has 0 spiro atoms. The van der Waals surface area contributed by atoms with Crippen LogP contribution in [-0.4, -0.2) is 19.8 Å². The molecule has 2 rings (SSSR count). The maximum absolute atomic E-state index is 13.5. The smallest absolute Gasteiger partial charge is 0.165 e. The molecule has 1 fully saturated rings. The molecule has 1 aliphatic rings. The number of hydrogen-bond acceptors (Lipinski definition) is 3. The molecule has 0 heterocycles. The first-order chi connectivity index (χ1) is 8.15. The van der Waals surface area contributed by atoms with Gasteiger partial charge in [0, 0.05) is 11.6 Å². The van der Waals surface area contributed by atoms with Gasteiger partial charge in [-0.3, -0.25) is 0 Å². The molecule has 0 aliphatic heterocycles. The molecule has 0 radical (unpaired) electrons. The van der Waals surface area contributed by atoms with Crippen LogP contribution in [0.2, 0.25) is 0 Å². The van der Waals surface area contributed by atoms with Gasteiger partial charge in [-0.15, -0.1) is 0 Å². The third-order valence-corrected chi connectivity index (χ3v) is 2.96. The van der Waals surface area contributed by atoms with Crippen LogP contribution in [0, 0.1) is 5.82 Å². The second kappa shape index (κ2) is 4.92. The first-order valence-corrected chi connectivity index (χ1v) is 5.89. The number of benzene rings is 1. The van der Waals surface area contributed by atoms with Gasteiger partial charge < -0.3 is 15.2 Å². The number of ether oxygens (including phenoxy) is 2. The van der Waals surface area contributed by atoms with Gasteiger partial charge in [0.1, 0.15) is 5.82 Å². The summed E-state index contributed by atoms with van der Waals surface area (Å²) in [6.45, 7) is 2.40. The van der Waals surface area contributed by atoms with E-state index in [4.69, 9.17) is 15.2 Å². The molecule has 1 saturated carbocycles. The van der Waals surface area contributed by atoms with E-state index in [2.05, 4.69) is 0 Å². The Bertz CT molecular complexity index is 405. The third-order valence-electron chi connectivity index (χ3n) is 2.96. The Morgan fingerprint density at radius 1 is 1.47 bits per heavy atom. The van der Waals surface area contributed by atoms with Crippen molar-refractivity contribution < 1.29 is 13.9 Å². The Morgan fingerprint density at radius 3 is 2.71 bits per heavy atom. The first-order valence-electron chi connectivity index (χ1n) is 5.89. The van der Waals surface area contributed by atoms with Crippen molar-refractivity contribution in [1.82, 2.24) is 0 Å². The summed E-state index contributed by atoms with van der Waals surface area (Å²) in [4.78, 5) is 0. The Balaban J connectivity index is 2.40. The van der Waals surface area contributed by atoms with Crippen LogP contribution in [-0.2, 0) is 0 Å². The van der Waals surface area contributed by atoms with E-state index in [0.29, 0.717) is 18.0 Å². The summed E-state index contributed by atoms with van der Waals surface area (Å²) in [5.74, 6) is 0.829. The minimum Gasteiger partial charge on any atom is -0.493 e. The fraction of sp³-hybridized carbons (Fsp3) is 0.538. The lowest BCUT2D eigenvalue weighted by Gasteiger charge is -2.18. The van der Waals surface area contributed by atoms with Gasteiger partial charge in [0.25, 0.3) is 0 Å². The van der Waals surface area contributed by atoms with Crippen molar-refractivity contribution in [2.45, 2.75) is 31.8 Å². The number of nitrogens with two attached hydrogens (primary N) is 1. The molecule has 1 aromatic rings. The van der Waals surface area contributed by atoms with Crippen molar-refractivity contribution in [3.8, 4) is 11.5 Å². The van der Waals surface area contributed by atoms with E-state index < -0.39 is 0 Å². The number of halogens is 1. The molecule has 0 bridgehead atoms. The lowest BCUT2D eigenvalue weighted by molar-refractivity contribution is 0.276. The van der Waals surface area contributed by atoms with Crippen LogP contribution in [0.1, 0.15) is 31.2 Å². The molecule has 0 saturated heterocycles. The molecule has 4 heteroatoms. The monoisotopic (exact) mass is 239 g/mol. The molecule has 94 valence electrons. The van der Waals surface area contributed by atoms with Crippen LogP contribution in [0.4, 0.5) is 4.39 Å². The largest absolute Gasteiger partial charge is 0.493 e. The van der Waals surface area contributed by atoms with Crippen molar-refractivity contribution in [3.63, 3.8) is 0 Å². The van der Waals surface area contributed by atoms with Gasteiger partial charge in [0.2, 0.25) is 0 Å². The van der Waals surface area contributed by atoms with E-state index in [1.807, 2.05) is 6.92 Å². The van der Waals surface area contributed by atoms with E-state index >= 15 is 0 Å². The molecule has 17 heavy (non-hydrogen) atoms. The summed E-state index contributed by atoms with van der Waals surface area (Å²) in [5, 5.41) is 0. The molecule has 1 aromatic carbocycles. The predicted molar refractivity (Wildman–Crippen MR) is 64.1 cm³/mol. The highest BCUT2D eigenvalue weighted by Gasteiger charge is 2.27. The summed E-state index contributed by atoms with van der Waals surface area (Å²) in [6, 6.07) is 2.84. The van der Waals surface area contributed by atoms with Gasteiger partial charge in [-0.1, -0.05) is 6.92 Å². The van der Waals surface area contributed by atoms with E-state index in [1.54, 1.807) is 0 Å². The Kier molecular flexibility index (Phi) is 3.52. The second-order valence-corrected chi connectivity index (χ2v) is 4.48. The summed E-state index contributed by atoms with van der Waals surface area (Å²) < 4.78 is 24.5. The summed E-state index contributed by atoms with van der Waals surface area (Å²) >= 11 is 0. The quantitative estimate of drug-likeness (QED) is 0.858. The van der Waals surface area contributed by atoms with Crippen molar-refractivity contribution >= 4 is 0 Å². The SMILES string of the molecule is COc1cc(F)cc(C(C)CN)c1OC1CC1. The van der Waals surface area contributed by atoms with Gasteiger partial charge >= 0.3 is 0 Å². The number of rotatable bonds is 5. The summed E-state index contributed by atoms with van der Waals surface area (Å²) in [7, 11) is 1.52. The highest BCUT2D eigenvalue weighted by atomic mass is 19.1. The zero-order valence-corrected chi connectivity index (χ0v) is 10.2. The fourth-order valence-electron chi connectivity index (χ4n) is 1.71. The molecular weight excluding hydrogens is 221 g/mol.